The molecule has 4 nitrogen and oxygen atoms in total. The quantitative estimate of drug-likeness (QED) is 0.925. The predicted octanol–water partition coefficient (Wildman–Crippen LogP) is 2.87. The van der Waals surface area contributed by atoms with Crippen molar-refractivity contribution in [2.24, 2.45) is 0 Å². The smallest absolute Gasteiger partial charge is 0.290 e. The van der Waals surface area contributed by atoms with Gasteiger partial charge in [-0.2, -0.15) is 0 Å². The lowest BCUT2D eigenvalue weighted by Gasteiger charge is -2.34. The molecular formula is C16H18FNO3. The van der Waals surface area contributed by atoms with Gasteiger partial charge in [0, 0.05) is 17.5 Å². The molecule has 2 heterocycles. The highest BCUT2D eigenvalue weighted by Crippen LogP contribution is 2.29. The molecule has 1 atom stereocenters. The van der Waals surface area contributed by atoms with E-state index < -0.39 is 5.82 Å². The number of para-hydroxylation sites is 1. The molecule has 1 aliphatic heterocycles. The fourth-order valence-corrected chi connectivity index (χ4v) is 3.00. The second kappa shape index (κ2) is 5.48. The monoisotopic (exact) mass is 291 g/mol. The van der Waals surface area contributed by atoms with Gasteiger partial charge in [-0.3, -0.25) is 4.79 Å². The first-order chi connectivity index (χ1) is 10.1. The number of aliphatic hydroxyl groups excluding tert-OH is 1. The van der Waals surface area contributed by atoms with Crippen LogP contribution in [-0.2, 0) is 0 Å². The minimum absolute atomic E-state index is 0.0562. The summed E-state index contributed by atoms with van der Waals surface area (Å²) in [6.45, 7) is 2.30. The summed E-state index contributed by atoms with van der Waals surface area (Å²) in [7, 11) is 0. The summed E-state index contributed by atoms with van der Waals surface area (Å²) < 4.78 is 19.3. The highest BCUT2D eigenvalue weighted by Gasteiger charge is 2.30. The van der Waals surface area contributed by atoms with Gasteiger partial charge in [0.05, 0.1) is 12.6 Å². The Balaban J connectivity index is 2.01. The van der Waals surface area contributed by atoms with Gasteiger partial charge in [-0.1, -0.05) is 12.1 Å². The Hall–Kier alpha value is -1.88. The fraction of sp³-hybridized carbons (Fsp3) is 0.438. The Kier molecular flexibility index (Phi) is 3.68. The van der Waals surface area contributed by atoms with Gasteiger partial charge in [0.1, 0.15) is 0 Å². The van der Waals surface area contributed by atoms with Gasteiger partial charge in [0.25, 0.3) is 5.91 Å². The van der Waals surface area contributed by atoms with Crippen LogP contribution in [0.1, 0.15) is 35.4 Å². The Labute approximate surface area is 122 Å². The summed E-state index contributed by atoms with van der Waals surface area (Å²) in [6.07, 6.45) is 2.70. The van der Waals surface area contributed by atoms with Gasteiger partial charge in [-0.05, 0) is 32.3 Å². The number of benzene rings is 1. The number of hydrogen-bond donors (Lipinski definition) is 1. The van der Waals surface area contributed by atoms with E-state index in [1.165, 1.54) is 6.07 Å². The third-order valence-electron chi connectivity index (χ3n) is 4.21. The highest BCUT2D eigenvalue weighted by molar-refractivity contribution is 5.99. The number of carbonyl (C=O) groups is 1. The summed E-state index contributed by atoms with van der Waals surface area (Å²) in [4.78, 5) is 14.3. The van der Waals surface area contributed by atoms with Crippen molar-refractivity contribution < 1.29 is 18.7 Å². The average molecular weight is 291 g/mol. The minimum atomic E-state index is -0.466. The zero-order valence-electron chi connectivity index (χ0n) is 11.9. The first kappa shape index (κ1) is 14.1. The van der Waals surface area contributed by atoms with Crippen molar-refractivity contribution in [2.75, 3.05) is 13.2 Å². The summed E-state index contributed by atoms with van der Waals surface area (Å²) in [5.41, 5.74) is 0.771. The van der Waals surface area contributed by atoms with Gasteiger partial charge in [0.2, 0.25) is 0 Å². The van der Waals surface area contributed by atoms with E-state index in [1.54, 1.807) is 24.0 Å². The van der Waals surface area contributed by atoms with Crippen LogP contribution in [0.15, 0.2) is 22.6 Å². The van der Waals surface area contributed by atoms with E-state index in [9.17, 15) is 14.3 Å². The van der Waals surface area contributed by atoms with Crippen molar-refractivity contribution in [3.8, 4) is 0 Å². The number of halogens is 1. The third kappa shape index (κ3) is 2.31. The van der Waals surface area contributed by atoms with Crippen LogP contribution >= 0.6 is 0 Å². The topological polar surface area (TPSA) is 53.7 Å². The van der Waals surface area contributed by atoms with Crippen LogP contribution in [0.5, 0.6) is 0 Å². The van der Waals surface area contributed by atoms with Crippen molar-refractivity contribution in [1.82, 2.24) is 4.90 Å². The van der Waals surface area contributed by atoms with E-state index in [4.69, 9.17) is 4.42 Å². The molecule has 5 heteroatoms. The maximum absolute atomic E-state index is 13.8. The number of likely N-dealkylation sites (tertiary alicyclic amines) is 1. The Morgan fingerprint density at radius 3 is 3.00 bits per heavy atom. The van der Waals surface area contributed by atoms with Crippen LogP contribution in [0, 0.1) is 12.7 Å². The molecule has 1 aromatic heterocycles. The van der Waals surface area contributed by atoms with Crippen LogP contribution in [-0.4, -0.2) is 35.1 Å². The lowest BCUT2D eigenvalue weighted by Crippen LogP contribution is -2.45. The van der Waals surface area contributed by atoms with Crippen molar-refractivity contribution in [3.63, 3.8) is 0 Å². The van der Waals surface area contributed by atoms with Crippen molar-refractivity contribution in [3.05, 3.63) is 35.3 Å². The van der Waals surface area contributed by atoms with E-state index in [0.717, 1.165) is 19.3 Å². The molecule has 112 valence electrons. The standard InChI is InChI=1S/C16H18FNO3/c1-10-12-6-4-7-13(17)15(12)21-14(10)16(20)18-8-3-2-5-11(18)9-19/h4,6-7,11,19H,2-3,5,8-9H2,1H3. The Bertz CT molecular complexity index is 679. The maximum Gasteiger partial charge on any atom is 0.290 e. The van der Waals surface area contributed by atoms with Crippen LogP contribution in [0.4, 0.5) is 4.39 Å². The molecule has 0 spiro atoms. The van der Waals surface area contributed by atoms with Crippen molar-refractivity contribution >= 4 is 16.9 Å². The molecule has 1 N–H and O–H groups in total. The average Bonchev–Trinajstić information content (AvgIpc) is 2.85. The molecule has 0 radical (unpaired) electrons. The lowest BCUT2D eigenvalue weighted by molar-refractivity contribution is 0.0474. The number of fused-ring (bicyclic) bond motifs is 1. The van der Waals surface area contributed by atoms with E-state index in [-0.39, 0.29) is 29.9 Å². The molecule has 1 saturated heterocycles. The first-order valence-electron chi connectivity index (χ1n) is 7.23. The molecule has 0 saturated carbocycles. The molecule has 21 heavy (non-hydrogen) atoms. The number of amides is 1. The molecule has 2 aromatic rings. The van der Waals surface area contributed by atoms with Crippen LogP contribution in [0.25, 0.3) is 11.0 Å². The lowest BCUT2D eigenvalue weighted by atomic mass is 10.0. The Morgan fingerprint density at radius 1 is 1.48 bits per heavy atom. The van der Waals surface area contributed by atoms with E-state index in [2.05, 4.69) is 0 Å². The maximum atomic E-state index is 13.8. The van der Waals surface area contributed by atoms with Gasteiger partial charge < -0.3 is 14.4 Å². The minimum Gasteiger partial charge on any atom is -0.448 e. The summed E-state index contributed by atoms with van der Waals surface area (Å²) in [5.74, 6) is -0.552. The number of aryl methyl sites for hydroxylation is 1. The van der Waals surface area contributed by atoms with Crippen molar-refractivity contribution in [1.29, 1.82) is 0 Å². The molecule has 1 unspecified atom stereocenters. The largest absolute Gasteiger partial charge is 0.448 e. The number of furan rings is 1. The SMILES string of the molecule is Cc1c(C(=O)N2CCCCC2CO)oc2c(F)cccc12. The van der Waals surface area contributed by atoms with Gasteiger partial charge in [-0.15, -0.1) is 0 Å². The molecule has 3 rings (SSSR count). The number of rotatable bonds is 2. The first-order valence-corrected chi connectivity index (χ1v) is 7.23. The number of piperidine rings is 1. The van der Waals surface area contributed by atoms with Gasteiger partial charge in [0.15, 0.2) is 17.2 Å². The molecule has 1 aliphatic rings. The predicted molar refractivity (Wildman–Crippen MR) is 76.7 cm³/mol. The normalized spacial score (nSPS) is 19.2. The Morgan fingerprint density at radius 2 is 2.29 bits per heavy atom. The number of aliphatic hydroxyl groups is 1. The van der Waals surface area contributed by atoms with Crippen LogP contribution in [0.3, 0.4) is 0 Å². The van der Waals surface area contributed by atoms with Gasteiger partial charge in [-0.25, -0.2) is 4.39 Å². The van der Waals surface area contributed by atoms with E-state index in [0.29, 0.717) is 17.5 Å². The zero-order chi connectivity index (χ0) is 15.0. The second-order valence-electron chi connectivity index (χ2n) is 5.50. The van der Waals surface area contributed by atoms with Crippen molar-refractivity contribution in [2.45, 2.75) is 32.2 Å². The summed E-state index contributed by atoms with van der Waals surface area (Å²) >= 11 is 0. The third-order valence-corrected chi connectivity index (χ3v) is 4.21. The molecule has 0 aliphatic carbocycles. The fourth-order valence-electron chi connectivity index (χ4n) is 3.00. The summed E-state index contributed by atoms with van der Waals surface area (Å²) in [5, 5.41) is 10.0. The number of nitrogens with zero attached hydrogens (tertiary/aromatic N) is 1. The second-order valence-corrected chi connectivity index (χ2v) is 5.50. The zero-order valence-corrected chi connectivity index (χ0v) is 11.9. The molecule has 1 amide bonds. The molecule has 0 bridgehead atoms. The van der Waals surface area contributed by atoms with E-state index in [1.807, 2.05) is 0 Å². The van der Waals surface area contributed by atoms with Gasteiger partial charge >= 0.3 is 0 Å². The van der Waals surface area contributed by atoms with Crippen LogP contribution in [0.2, 0.25) is 0 Å². The molecular weight excluding hydrogens is 273 g/mol. The van der Waals surface area contributed by atoms with E-state index >= 15 is 0 Å². The molecule has 1 aromatic carbocycles. The number of carbonyl (C=O) groups excluding carboxylic acids is 1. The highest BCUT2D eigenvalue weighted by atomic mass is 19.1. The summed E-state index contributed by atoms with van der Waals surface area (Å²) in [6, 6.07) is 4.49. The number of hydrogen-bond acceptors (Lipinski definition) is 3. The molecule has 1 fully saturated rings. The van der Waals surface area contributed by atoms with Crippen LogP contribution < -0.4 is 0 Å².